The summed E-state index contributed by atoms with van der Waals surface area (Å²) in [6.07, 6.45) is 3.24. The molecule has 0 aromatic heterocycles. The Hall–Kier alpha value is -1.79. The van der Waals surface area contributed by atoms with Gasteiger partial charge in [-0.15, -0.1) is 0 Å². The molecule has 21 heavy (non-hydrogen) atoms. The number of hydrogen-bond donors (Lipinski definition) is 2. The minimum absolute atomic E-state index is 0.0181. The number of primary amides is 1. The van der Waals surface area contributed by atoms with Gasteiger partial charge in [-0.1, -0.05) is 0 Å². The SMILES string of the molecule is NC(=O)C1CCN(C(=O)N2CCC(CCC(=O)O)CC2)C1. The minimum atomic E-state index is -0.761. The molecule has 7 heteroatoms. The average Bonchev–Trinajstić information content (AvgIpc) is 2.95. The van der Waals surface area contributed by atoms with Crippen LogP contribution in [0.2, 0.25) is 0 Å². The van der Waals surface area contributed by atoms with Crippen LogP contribution in [-0.4, -0.2) is 59.0 Å². The fourth-order valence-electron chi connectivity index (χ4n) is 3.11. The summed E-state index contributed by atoms with van der Waals surface area (Å²) >= 11 is 0. The van der Waals surface area contributed by atoms with Crippen LogP contribution in [0.25, 0.3) is 0 Å². The number of nitrogens with zero attached hydrogens (tertiary/aromatic N) is 2. The number of amides is 3. The summed E-state index contributed by atoms with van der Waals surface area (Å²) < 4.78 is 0. The van der Waals surface area contributed by atoms with Crippen LogP contribution < -0.4 is 5.73 Å². The van der Waals surface area contributed by atoms with Crippen LogP contribution in [0, 0.1) is 11.8 Å². The number of piperidine rings is 1. The highest BCUT2D eigenvalue weighted by molar-refractivity contribution is 5.80. The van der Waals surface area contributed by atoms with Crippen LogP contribution in [0.15, 0.2) is 0 Å². The molecule has 1 atom stereocenters. The first-order valence-electron chi connectivity index (χ1n) is 7.52. The van der Waals surface area contributed by atoms with Gasteiger partial charge in [-0.25, -0.2) is 4.79 Å². The van der Waals surface area contributed by atoms with E-state index in [0.717, 1.165) is 12.8 Å². The number of carbonyl (C=O) groups excluding carboxylic acids is 2. The lowest BCUT2D eigenvalue weighted by molar-refractivity contribution is -0.137. The summed E-state index contributed by atoms with van der Waals surface area (Å²) in [7, 11) is 0. The molecule has 2 fully saturated rings. The molecule has 0 radical (unpaired) electrons. The van der Waals surface area contributed by atoms with Gasteiger partial charge < -0.3 is 20.6 Å². The van der Waals surface area contributed by atoms with E-state index in [-0.39, 0.29) is 24.3 Å². The van der Waals surface area contributed by atoms with E-state index in [0.29, 0.717) is 44.9 Å². The van der Waals surface area contributed by atoms with E-state index >= 15 is 0 Å². The molecule has 0 aromatic carbocycles. The van der Waals surface area contributed by atoms with Crippen LogP contribution in [0.3, 0.4) is 0 Å². The van der Waals surface area contributed by atoms with E-state index in [1.807, 2.05) is 0 Å². The Balaban J connectivity index is 1.76. The molecule has 1 unspecified atom stereocenters. The van der Waals surface area contributed by atoms with E-state index in [9.17, 15) is 14.4 Å². The number of likely N-dealkylation sites (tertiary alicyclic amines) is 2. The highest BCUT2D eigenvalue weighted by Crippen LogP contribution is 2.24. The van der Waals surface area contributed by atoms with Gasteiger partial charge in [0.2, 0.25) is 5.91 Å². The quantitative estimate of drug-likeness (QED) is 0.788. The number of aliphatic carboxylic acids is 1. The van der Waals surface area contributed by atoms with Crippen molar-refractivity contribution >= 4 is 17.9 Å². The maximum atomic E-state index is 12.3. The predicted molar refractivity (Wildman–Crippen MR) is 75.4 cm³/mol. The summed E-state index contributed by atoms with van der Waals surface area (Å²) in [6.45, 7) is 2.35. The second-order valence-corrected chi connectivity index (χ2v) is 5.98. The lowest BCUT2D eigenvalue weighted by atomic mass is 9.92. The summed E-state index contributed by atoms with van der Waals surface area (Å²) in [5, 5.41) is 8.69. The Morgan fingerprint density at radius 1 is 1.05 bits per heavy atom. The smallest absolute Gasteiger partial charge is 0.320 e. The maximum absolute atomic E-state index is 12.3. The fourth-order valence-corrected chi connectivity index (χ4v) is 3.11. The monoisotopic (exact) mass is 297 g/mol. The normalized spacial score (nSPS) is 23.3. The van der Waals surface area contributed by atoms with Crippen molar-refractivity contribution in [2.24, 2.45) is 17.6 Å². The van der Waals surface area contributed by atoms with Crippen molar-refractivity contribution < 1.29 is 19.5 Å². The first kappa shape index (κ1) is 15.6. The van der Waals surface area contributed by atoms with Crippen molar-refractivity contribution in [2.75, 3.05) is 26.2 Å². The Kier molecular flexibility index (Phi) is 5.03. The maximum Gasteiger partial charge on any atom is 0.320 e. The zero-order chi connectivity index (χ0) is 15.4. The minimum Gasteiger partial charge on any atom is -0.481 e. The Morgan fingerprint density at radius 2 is 1.67 bits per heavy atom. The van der Waals surface area contributed by atoms with E-state index in [2.05, 4.69) is 0 Å². The summed E-state index contributed by atoms with van der Waals surface area (Å²) in [5.74, 6) is -0.926. The Morgan fingerprint density at radius 3 is 2.19 bits per heavy atom. The van der Waals surface area contributed by atoms with Crippen molar-refractivity contribution in [2.45, 2.75) is 32.1 Å². The molecular weight excluding hydrogens is 274 g/mol. The fraction of sp³-hybridized carbons (Fsp3) is 0.786. The van der Waals surface area contributed by atoms with Crippen LogP contribution in [0.1, 0.15) is 32.1 Å². The number of urea groups is 1. The molecule has 0 bridgehead atoms. The first-order valence-corrected chi connectivity index (χ1v) is 7.52. The van der Waals surface area contributed by atoms with Crippen LogP contribution in [0.4, 0.5) is 4.79 Å². The molecule has 2 aliphatic heterocycles. The second-order valence-electron chi connectivity index (χ2n) is 5.98. The van der Waals surface area contributed by atoms with Crippen LogP contribution in [0.5, 0.6) is 0 Å². The molecule has 3 N–H and O–H groups in total. The zero-order valence-electron chi connectivity index (χ0n) is 12.2. The third kappa shape index (κ3) is 4.09. The summed E-state index contributed by atoms with van der Waals surface area (Å²) in [6, 6.07) is -0.0181. The number of hydrogen-bond acceptors (Lipinski definition) is 3. The molecule has 2 rings (SSSR count). The van der Waals surface area contributed by atoms with Gasteiger partial charge in [0.1, 0.15) is 0 Å². The zero-order valence-corrected chi connectivity index (χ0v) is 12.2. The highest BCUT2D eigenvalue weighted by Gasteiger charge is 2.33. The van der Waals surface area contributed by atoms with Crippen LogP contribution in [-0.2, 0) is 9.59 Å². The molecule has 2 saturated heterocycles. The number of rotatable bonds is 4. The van der Waals surface area contributed by atoms with Crippen molar-refractivity contribution in [1.82, 2.24) is 9.80 Å². The van der Waals surface area contributed by atoms with Gasteiger partial charge in [0, 0.05) is 32.6 Å². The van der Waals surface area contributed by atoms with Crippen molar-refractivity contribution in [3.8, 4) is 0 Å². The predicted octanol–water partition coefficient (Wildman–Crippen LogP) is 0.490. The summed E-state index contributed by atoms with van der Waals surface area (Å²) in [5.41, 5.74) is 5.28. The summed E-state index contributed by atoms with van der Waals surface area (Å²) in [4.78, 5) is 37.6. The molecule has 2 aliphatic rings. The third-order valence-electron chi connectivity index (χ3n) is 4.51. The number of carboxylic acid groups (broad SMARTS) is 1. The van der Waals surface area contributed by atoms with Crippen molar-refractivity contribution in [1.29, 1.82) is 0 Å². The number of carboxylic acids is 1. The lowest BCUT2D eigenvalue weighted by Gasteiger charge is -2.34. The van der Waals surface area contributed by atoms with E-state index in [1.165, 1.54) is 0 Å². The molecule has 0 aliphatic carbocycles. The molecule has 0 saturated carbocycles. The molecule has 2 heterocycles. The van der Waals surface area contributed by atoms with Crippen LogP contribution >= 0.6 is 0 Å². The number of nitrogens with two attached hydrogens (primary N) is 1. The molecular formula is C14H23N3O4. The van der Waals surface area contributed by atoms with Gasteiger partial charge >= 0.3 is 12.0 Å². The van der Waals surface area contributed by atoms with Gasteiger partial charge in [0.25, 0.3) is 0 Å². The molecule has 7 nitrogen and oxygen atoms in total. The Labute approximate surface area is 124 Å². The molecule has 3 amide bonds. The topological polar surface area (TPSA) is 104 Å². The number of carbonyl (C=O) groups is 3. The third-order valence-corrected chi connectivity index (χ3v) is 4.51. The molecule has 0 spiro atoms. The Bertz CT molecular complexity index is 418. The average molecular weight is 297 g/mol. The standard InChI is InChI=1S/C14H23N3O4/c15-13(20)11-5-8-17(9-11)14(21)16-6-3-10(4-7-16)1-2-12(18)19/h10-11H,1-9H2,(H2,15,20)(H,18,19). The van der Waals surface area contributed by atoms with E-state index in [4.69, 9.17) is 10.8 Å². The van der Waals surface area contributed by atoms with Gasteiger partial charge in [-0.3, -0.25) is 9.59 Å². The molecule has 0 aromatic rings. The van der Waals surface area contributed by atoms with Gasteiger partial charge in [-0.05, 0) is 31.6 Å². The van der Waals surface area contributed by atoms with E-state index in [1.54, 1.807) is 9.80 Å². The van der Waals surface area contributed by atoms with E-state index < -0.39 is 5.97 Å². The largest absolute Gasteiger partial charge is 0.481 e. The lowest BCUT2D eigenvalue weighted by Crippen LogP contribution is -2.46. The van der Waals surface area contributed by atoms with Gasteiger partial charge in [0.05, 0.1) is 5.92 Å². The van der Waals surface area contributed by atoms with Crippen molar-refractivity contribution in [3.63, 3.8) is 0 Å². The van der Waals surface area contributed by atoms with Crippen molar-refractivity contribution in [3.05, 3.63) is 0 Å². The first-order chi connectivity index (χ1) is 9.97. The van der Waals surface area contributed by atoms with Gasteiger partial charge in [0.15, 0.2) is 0 Å². The molecule has 118 valence electrons. The highest BCUT2D eigenvalue weighted by atomic mass is 16.4. The second kappa shape index (κ2) is 6.78. The van der Waals surface area contributed by atoms with Gasteiger partial charge in [-0.2, -0.15) is 0 Å².